The SMILES string of the molecule is CCN1CCCC1CNC(=NCc1nnc(C)n1C)NCCCc1ccccc1. The molecule has 3 rings (SSSR count). The molecule has 2 heterocycles. The molecule has 2 N–H and O–H groups in total. The fourth-order valence-corrected chi connectivity index (χ4v) is 3.81. The zero-order valence-electron chi connectivity index (χ0n) is 18.1. The molecule has 7 heteroatoms. The number of rotatable bonds is 9. The molecule has 7 nitrogen and oxygen atoms in total. The Morgan fingerprint density at radius 2 is 2.03 bits per heavy atom. The highest BCUT2D eigenvalue weighted by atomic mass is 15.3. The minimum Gasteiger partial charge on any atom is -0.356 e. The summed E-state index contributed by atoms with van der Waals surface area (Å²) >= 11 is 0. The lowest BCUT2D eigenvalue weighted by Gasteiger charge is -2.24. The third-order valence-corrected chi connectivity index (χ3v) is 5.75. The summed E-state index contributed by atoms with van der Waals surface area (Å²) in [7, 11) is 1.98. The van der Waals surface area contributed by atoms with Gasteiger partial charge in [-0.25, -0.2) is 4.99 Å². The first-order chi connectivity index (χ1) is 14.2. The number of likely N-dealkylation sites (tertiary alicyclic amines) is 1. The number of nitrogens with zero attached hydrogens (tertiary/aromatic N) is 5. The van der Waals surface area contributed by atoms with Gasteiger partial charge < -0.3 is 15.2 Å². The van der Waals surface area contributed by atoms with Crippen molar-refractivity contribution in [3.63, 3.8) is 0 Å². The maximum Gasteiger partial charge on any atom is 0.191 e. The first-order valence-electron chi connectivity index (χ1n) is 10.8. The van der Waals surface area contributed by atoms with Crippen LogP contribution in [0.1, 0.15) is 43.4 Å². The molecule has 1 aliphatic heterocycles. The standard InChI is InChI=1S/C22H35N7/c1-4-29-15-9-13-20(29)16-24-22(25-17-21-27-26-18(2)28(21)3)23-14-8-12-19-10-6-5-7-11-19/h5-7,10-11,20H,4,8-9,12-17H2,1-3H3,(H2,23,24,25). The van der Waals surface area contributed by atoms with Crippen molar-refractivity contribution < 1.29 is 0 Å². The van der Waals surface area contributed by atoms with Crippen molar-refractivity contribution in [2.75, 3.05) is 26.2 Å². The van der Waals surface area contributed by atoms with Gasteiger partial charge in [-0.05, 0) is 51.3 Å². The van der Waals surface area contributed by atoms with E-state index in [4.69, 9.17) is 4.99 Å². The van der Waals surface area contributed by atoms with Crippen LogP contribution in [0.5, 0.6) is 0 Å². The first-order valence-corrected chi connectivity index (χ1v) is 10.8. The van der Waals surface area contributed by atoms with Gasteiger partial charge in [-0.15, -0.1) is 10.2 Å². The summed E-state index contributed by atoms with van der Waals surface area (Å²) in [5.74, 6) is 2.65. The van der Waals surface area contributed by atoms with Gasteiger partial charge in [0.2, 0.25) is 0 Å². The number of aromatic nitrogens is 3. The summed E-state index contributed by atoms with van der Waals surface area (Å²) in [6.45, 7) is 8.86. The second kappa shape index (κ2) is 11.0. The third-order valence-electron chi connectivity index (χ3n) is 5.75. The second-order valence-electron chi connectivity index (χ2n) is 7.71. The molecule has 1 unspecified atom stereocenters. The van der Waals surface area contributed by atoms with Gasteiger partial charge in [0, 0.05) is 26.2 Å². The van der Waals surface area contributed by atoms with Crippen molar-refractivity contribution in [1.29, 1.82) is 0 Å². The van der Waals surface area contributed by atoms with Gasteiger partial charge in [0.25, 0.3) is 0 Å². The quantitative estimate of drug-likeness (QED) is 0.386. The molecule has 1 atom stereocenters. The number of aryl methyl sites for hydroxylation is 2. The van der Waals surface area contributed by atoms with Crippen molar-refractivity contribution in [3.05, 3.63) is 47.5 Å². The molecule has 1 aromatic carbocycles. The molecule has 0 saturated carbocycles. The fourth-order valence-electron chi connectivity index (χ4n) is 3.81. The highest BCUT2D eigenvalue weighted by Gasteiger charge is 2.22. The van der Waals surface area contributed by atoms with Crippen LogP contribution in [-0.4, -0.2) is 57.8 Å². The number of benzene rings is 1. The number of aliphatic imine (C=N–C) groups is 1. The Bertz CT molecular complexity index is 769. The first kappa shape index (κ1) is 21.3. The molecular weight excluding hydrogens is 362 g/mol. The number of hydrogen-bond acceptors (Lipinski definition) is 4. The Hall–Kier alpha value is -2.41. The Labute approximate surface area is 174 Å². The topological polar surface area (TPSA) is 70.4 Å². The molecule has 1 fully saturated rings. The molecule has 29 heavy (non-hydrogen) atoms. The van der Waals surface area contributed by atoms with Gasteiger partial charge in [0.05, 0.1) is 0 Å². The lowest BCUT2D eigenvalue weighted by atomic mass is 10.1. The van der Waals surface area contributed by atoms with E-state index < -0.39 is 0 Å². The number of guanidine groups is 1. The van der Waals surface area contributed by atoms with E-state index in [9.17, 15) is 0 Å². The van der Waals surface area contributed by atoms with E-state index in [1.165, 1.54) is 24.9 Å². The fraction of sp³-hybridized carbons (Fsp3) is 0.591. The molecule has 1 aliphatic rings. The lowest BCUT2D eigenvalue weighted by molar-refractivity contribution is 0.267. The van der Waals surface area contributed by atoms with Crippen molar-refractivity contribution in [2.24, 2.45) is 12.0 Å². The average Bonchev–Trinajstić information content (AvgIpc) is 3.34. The Morgan fingerprint density at radius 1 is 1.21 bits per heavy atom. The zero-order valence-corrected chi connectivity index (χ0v) is 18.1. The minimum atomic E-state index is 0.521. The highest BCUT2D eigenvalue weighted by molar-refractivity contribution is 5.79. The van der Waals surface area contributed by atoms with Gasteiger partial charge in [-0.2, -0.15) is 0 Å². The van der Waals surface area contributed by atoms with Crippen LogP contribution in [0.2, 0.25) is 0 Å². The van der Waals surface area contributed by atoms with Crippen LogP contribution in [0.3, 0.4) is 0 Å². The summed E-state index contributed by atoms with van der Waals surface area (Å²) in [5, 5.41) is 15.4. The van der Waals surface area contributed by atoms with Crippen molar-refractivity contribution in [3.8, 4) is 0 Å². The largest absolute Gasteiger partial charge is 0.356 e. The van der Waals surface area contributed by atoms with E-state index >= 15 is 0 Å². The van der Waals surface area contributed by atoms with Crippen LogP contribution in [0.25, 0.3) is 0 Å². The highest BCUT2D eigenvalue weighted by Crippen LogP contribution is 2.15. The monoisotopic (exact) mass is 397 g/mol. The molecular formula is C22H35N7. The van der Waals surface area contributed by atoms with Crippen LogP contribution in [0.4, 0.5) is 0 Å². The van der Waals surface area contributed by atoms with E-state index in [1.807, 2.05) is 18.5 Å². The normalized spacial score (nSPS) is 17.6. The Balaban J connectivity index is 1.54. The van der Waals surface area contributed by atoms with Crippen molar-refractivity contribution in [2.45, 2.75) is 52.1 Å². The number of nitrogens with one attached hydrogen (secondary N) is 2. The summed E-state index contributed by atoms with van der Waals surface area (Å²) in [6.07, 6.45) is 4.67. The van der Waals surface area contributed by atoms with Crippen molar-refractivity contribution in [1.82, 2.24) is 30.3 Å². The summed E-state index contributed by atoms with van der Waals surface area (Å²) in [6, 6.07) is 11.2. The molecule has 0 spiro atoms. The molecule has 0 bridgehead atoms. The van der Waals surface area contributed by atoms with Gasteiger partial charge >= 0.3 is 0 Å². The smallest absolute Gasteiger partial charge is 0.191 e. The Morgan fingerprint density at radius 3 is 2.76 bits per heavy atom. The average molecular weight is 398 g/mol. The van der Waals surface area contributed by atoms with E-state index in [-0.39, 0.29) is 0 Å². The second-order valence-corrected chi connectivity index (χ2v) is 7.71. The summed E-state index contributed by atoms with van der Waals surface area (Å²) in [4.78, 5) is 7.32. The molecule has 1 aromatic heterocycles. The predicted octanol–water partition coefficient (Wildman–Crippen LogP) is 2.28. The third kappa shape index (κ3) is 6.29. The van der Waals surface area contributed by atoms with Crippen LogP contribution < -0.4 is 10.6 Å². The van der Waals surface area contributed by atoms with E-state index in [0.29, 0.717) is 12.6 Å². The van der Waals surface area contributed by atoms with Gasteiger partial charge in [0.15, 0.2) is 11.8 Å². The molecule has 158 valence electrons. The van der Waals surface area contributed by atoms with Gasteiger partial charge in [0.1, 0.15) is 12.4 Å². The summed E-state index contributed by atoms with van der Waals surface area (Å²) < 4.78 is 1.99. The van der Waals surface area contributed by atoms with Crippen LogP contribution in [0.15, 0.2) is 35.3 Å². The molecule has 1 saturated heterocycles. The predicted molar refractivity (Wildman–Crippen MR) is 118 cm³/mol. The summed E-state index contributed by atoms with van der Waals surface area (Å²) in [5.41, 5.74) is 1.37. The number of likely N-dealkylation sites (N-methyl/N-ethyl adjacent to an activating group) is 1. The maximum atomic E-state index is 4.78. The van der Waals surface area contributed by atoms with Crippen LogP contribution >= 0.6 is 0 Å². The van der Waals surface area contributed by atoms with E-state index in [0.717, 1.165) is 50.1 Å². The molecule has 0 aliphatic carbocycles. The molecule has 0 radical (unpaired) electrons. The van der Waals surface area contributed by atoms with E-state index in [2.05, 4.69) is 63.0 Å². The van der Waals surface area contributed by atoms with Crippen LogP contribution in [0, 0.1) is 6.92 Å². The van der Waals surface area contributed by atoms with Crippen molar-refractivity contribution >= 4 is 5.96 Å². The Kier molecular flexibility index (Phi) is 8.04. The van der Waals surface area contributed by atoms with E-state index in [1.54, 1.807) is 0 Å². The lowest BCUT2D eigenvalue weighted by Crippen LogP contribution is -2.45. The maximum absolute atomic E-state index is 4.78. The number of hydrogen-bond donors (Lipinski definition) is 2. The van der Waals surface area contributed by atoms with Crippen LogP contribution in [-0.2, 0) is 20.0 Å². The zero-order chi connectivity index (χ0) is 20.5. The molecule has 2 aromatic rings. The van der Waals surface area contributed by atoms with Gasteiger partial charge in [-0.1, -0.05) is 37.3 Å². The minimum absolute atomic E-state index is 0.521. The molecule has 0 amide bonds. The van der Waals surface area contributed by atoms with Gasteiger partial charge in [-0.3, -0.25) is 4.90 Å².